The van der Waals surface area contributed by atoms with Gasteiger partial charge >= 0.3 is 0 Å². The molecule has 27 heavy (non-hydrogen) atoms. The van der Waals surface area contributed by atoms with E-state index in [9.17, 15) is 4.79 Å². The molecule has 0 fully saturated rings. The highest BCUT2D eigenvalue weighted by molar-refractivity contribution is 7.99. The maximum atomic E-state index is 12.3. The third-order valence-electron chi connectivity index (χ3n) is 4.33. The fourth-order valence-corrected chi connectivity index (χ4v) is 4.76. The van der Waals surface area contributed by atoms with E-state index < -0.39 is 0 Å². The fourth-order valence-electron chi connectivity index (χ4n) is 3.07. The van der Waals surface area contributed by atoms with Gasteiger partial charge in [0.15, 0.2) is 10.3 Å². The van der Waals surface area contributed by atoms with Crippen LogP contribution >= 0.6 is 23.1 Å². The number of nitrogens with one attached hydrogen (secondary N) is 1. The molecular weight excluding hydrogens is 382 g/mol. The van der Waals surface area contributed by atoms with Crippen molar-refractivity contribution in [2.45, 2.75) is 44.3 Å². The average Bonchev–Trinajstić information content (AvgIpc) is 3.15. The zero-order chi connectivity index (χ0) is 18.6. The normalized spacial score (nSPS) is 14.0. The number of aromatic nitrogens is 4. The number of hydrogen-bond donors (Lipinski definition) is 1. The second kappa shape index (κ2) is 8.26. The molecule has 3 aromatic rings. The number of fused-ring (bicyclic) bond motifs is 2. The van der Waals surface area contributed by atoms with E-state index >= 15 is 0 Å². The summed E-state index contributed by atoms with van der Waals surface area (Å²) in [6.45, 7) is 3.51. The first-order chi connectivity index (χ1) is 13.2. The van der Waals surface area contributed by atoms with E-state index in [0.29, 0.717) is 11.7 Å². The number of amides is 1. The Labute approximate surface area is 165 Å². The molecule has 1 N–H and O–H groups in total. The Kier molecular flexibility index (Phi) is 5.58. The van der Waals surface area contributed by atoms with E-state index in [-0.39, 0.29) is 11.7 Å². The SMILES string of the molecule is CCOc1ccc2nc(NC(=O)CSc3nnc4n3CCCCC4)sc2c1. The summed E-state index contributed by atoms with van der Waals surface area (Å²) in [5.74, 6) is 2.05. The van der Waals surface area contributed by atoms with Crippen molar-refractivity contribution in [2.75, 3.05) is 17.7 Å². The molecule has 0 saturated heterocycles. The van der Waals surface area contributed by atoms with Crippen LogP contribution in [0.1, 0.15) is 32.0 Å². The van der Waals surface area contributed by atoms with Gasteiger partial charge in [-0.2, -0.15) is 0 Å². The van der Waals surface area contributed by atoms with Crippen LogP contribution in [0.5, 0.6) is 5.75 Å². The van der Waals surface area contributed by atoms with Crippen LogP contribution in [-0.4, -0.2) is 38.0 Å². The number of thiazole rings is 1. The molecule has 7 nitrogen and oxygen atoms in total. The Balaban J connectivity index is 1.38. The van der Waals surface area contributed by atoms with Crippen molar-refractivity contribution in [3.05, 3.63) is 24.0 Å². The van der Waals surface area contributed by atoms with Gasteiger partial charge in [-0.3, -0.25) is 4.79 Å². The smallest absolute Gasteiger partial charge is 0.236 e. The molecule has 2 aromatic heterocycles. The minimum absolute atomic E-state index is 0.0879. The van der Waals surface area contributed by atoms with Crippen molar-refractivity contribution < 1.29 is 9.53 Å². The maximum Gasteiger partial charge on any atom is 0.236 e. The van der Waals surface area contributed by atoms with Crippen molar-refractivity contribution in [2.24, 2.45) is 0 Å². The standard InChI is InChI=1S/C18H21N5O2S2/c1-2-25-12-7-8-13-14(10-12)27-17(19-13)20-16(24)11-26-18-22-21-15-6-4-3-5-9-23(15)18/h7-8,10H,2-6,9,11H2,1H3,(H,19,20,24). The molecule has 0 saturated carbocycles. The van der Waals surface area contributed by atoms with Crippen LogP contribution in [0, 0.1) is 0 Å². The largest absolute Gasteiger partial charge is 0.494 e. The van der Waals surface area contributed by atoms with Crippen LogP contribution in [0.3, 0.4) is 0 Å². The second-order valence-electron chi connectivity index (χ2n) is 6.28. The van der Waals surface area contributed by atoms with Crippen LogP contribution in [-0.2, 0) is 17.8 Å². The number of rotatable bonds is 6. The van der Waals surface area contributed by atoms with E-state index in [1.165, 1.54) is 29.5 Å². The van der Waals surface area contributed by atoms with E-state index in [4.69, 9.17) is 4.74 Å². The molecule has 0 radical (unpaired) electrons. The predicted octanol–water partition coefficient (Wildman–Crippen LogP) is 3.74. The van der Waals surface area contributed by atoms with Gasteiger partial charge in [-0.25, -0.2) is 4.98 Å². The molecule has 1 aliphatic rings. The molecule has 4 rings (SSSR count). The topological polar surface area (TPSA) is 81.9 Å². The molecule has 1 aliphatic heterocycles. The monoisotopic (exact) mass is 403 g/mol. The average molecular weight is 404 g/mol. The minimum atomic E-state index is -0.0879. The second-order valence-corrected chi connectivity index (χ2v) is 8.25. The minimum Gasteiger partial charge on any atom is -0.494 e. The van der Waals surface area contributed by atoms with Gasteiger partial charge in [0.05, 0.1) is 22.6 Å². The third-order valence-corrected chi connectivity index (χ3v) is 6.23. The van der Waals surface area contributed by atoms with E-state index in [1.807, 2.05) is 25.1 Å². The molecule has 142 valence electrons. The number of carbonyl (C=O) groups excluding carboxylic acids is 1. The highest BCUT2D eigenvalue weighted by Crippen LogP contribution is 2.29. The lowest BCUT2D eigenvalue weighted by Crippen LogP contribution is -2.14. The summed E-state index contributed by atoms with van der Waals surface area (Å²) in [4.78, 5) is 16.8. The van der Waals surface area contributed by atoms with E-state index in [2.05, 4.69) is 25.1 Å². The summed E-state index contributed by atoms with van der Waals surface area (Å²) in [6.07, 6.45) is 4.48. The van der Waals surface area contributed by atoms with Gasteiger partial charge in [-0.05, 0) is 38.0 Å². The first-order valence-electron chi connectivity index (χ1n) is 9.11. The van der Waals surface area contributed by atoms with Crippen molar-refractivity contribution in [1.29, 1.82) is 0 Å². The zero-order valence-corrected chi connectivity index (χ0v) is 16.7. The Hall–Kier alpha value is -2.13. The van der Waals surface area contributed by atoms with Crippen LogP contribution in [0.4, 0.5) is 5.13 Å². The summed E-state index contributed by atoms with van der Waals surface area (Å²) in [7, 11) is 0. The highest BCUT2D eigenvalue weighted by Gasteiger charge is 2.16. The number of nitrogens with zero attached hydrogens (tertiary/aromatic N) is 4. The summed E-state index contributed by atoms with van der Waals surface area (Å²) in [6, 6.07) is 5.75. The van der Waals surface area contributed by atoms with Crippen molar-refractivity contribution in [3.63, 3.8) is 0 Å². The molecule has 0 atom stereocenters. The van der Waals surface area contributed by atoms with Crippen LogP contribution in [0.2, 0.25) is 0 Å². The zero-order valence-electron chi connectivity index (χ0n) is 15.1. The molecule has 0 spiro atoms. The third kappa shape index (κ3) is 4.24. The first kappa shape index (κ1) is 18.2. The summed E-state index contributed by atoms with van der Waals surface area (Å²) < 4.78 is 8.65. The van der Waals surface area contributed by atoms with Crippen molar-refractivity contribution >= 4 is 44.4 Å². The maximum absolute atomic E-state index is 12.3. The van der Waals surface area contributed by atoms with E-state index in [0.717, 1.165) is 52.8 Å². The van der Waals surface area contributed by atoms with Gasteiger partial charge < -0.3 is 14.6 Å². The molecule has 0 unspecified atom stereocenters. The lowest BCUT2D eigenvalue weighted by atomic mass is 10.2. The van der Waals surface area contributed by atoms with Crippen molar-refractivity contribution in [3.8, 4) is 5.75 Å². The molecular formula is C18H21N5O2S2. The number of anilines is 1. The van der Waals surface area contributed by atoms with Gasteiger partial charge in [0.25, 0.3) is 0 Å². The van der Waals surface area contributed by atoms with Gasteiger partial charge in [-0.1, -0.05) is 29.5 Å². The van der Waals surface area contributed by atoms with Crippen LogP contribution in [0.15, 0.2) is 23.4 Å². The first-order valence-corrected chi connectivity index (χ1v) is 10.9. The predicted molar refractivity (Wildman–Crippen MR) is 108 cm³/mol. The number of hydrogen-bond acceptors (Lipinski definition) is 7. The Morgan fingerprint density at radius 1 is 1.33 bits per heavy atom. The molecule has 3 heterocycles. The number of ether oxygens (including phenoxy) is 1. The number of aryl methyl sites for hydroxylation is 1. The quantitative estimate of drug-likeness (QED) is 0.632. The van der Waals surface area contributed by atoms with Gasteiger partial charge in [0, 0.05) is 13.0 Å². The molecule has 0 aliphatic carbocycles. The van der Waals surface area contributed by atoms with Crippen LogP contribution < -0.4 is 10.1 Å². The molecule has 1 amide bonds. The summed E-state index contributed by atoms with van der Waals surface area (Å²) >= 11 is 2.88. The van der Waals surface area contributed by atoms with Crippen molar-refractivity contribution in [1.82, 2.24) is 19.7 Å². The molecule has 1 aromatic carbocycles. The van der Waals surface area contributed by atoms with Gasteiger partial charge in [-0.15, -0.1) is 10.2 Å². The highest BCUT2D eigenvalue weighted by atomic mass is 32.2. The lowest BCUT2D eigenvalue weighted by Gasteiger charge is -2.06. The number of thioether (sulfide) groups is 1. The summed E-state index contributed by atoms with van der Waals surface area (Å²) in [5.41, 5.74) is 0.856. The van der Waals surface area contributed by atoms with E-state index in [1.54, 1.807) is 0 Å². The Morgan fingerprint density at radius 3 is 3.15 bits per heavy atom. The van der Waals surface area contributed by atoms with Gasteiger partial charge in [0.2, 0.25) is 5.91 Å². The lowest BCUT2D eigenvalue weighted by molar-refractivity contribution is -0.113. The Morgan fingerprint density at radius 2 is 2.26 bits per heavy atom. The summed E-state index contributed by atoms with van der Waals surface area (Å²) in [5, 5.41) is 12.8. The fraction of sp³-hybridized carbons (Fsp3) is 0.444. The Bertz CT molecular complexity index is 953. The van der Waals surface area contributed by atoms with Gasteiger partial charge in [0.1, 0.15) is 11.6 Å². The molecule has 0 bridgehead atoms. The van der Waals surface area contributed by atoms with Crippen LogP contribution in [0.25, 0.3) is 10.2 Å². The number of benzene rings is 1. The number of carbonyl (C=O) groups is 1. The molecule has 9 heteroatoms.